The van der Waals surface area contributed by atoms with Crippen molar-refractivity contribution in [3.8, 4) is 0 Å². The van der Waals surface area contributed by atoms with Crippen LogP contribution in [0.25, 0.3) is 0 Å². The number of hydrogen-bond donors (Lipinski definition) is 1. The van der Waals surface area contributed by atoms with Gasteiger partial charge in [-0.05, 0) is 87.0 Å². The third-order valence-corrected chi connectivity index (χ3v) is 7.72. The van der Waals surface area contributed by atoms with Crippen LogP contribution >= 0.6 is 11.8 Å². The van der Waals surface area contributed by atoms with Gasteiger partial charge in [-0.15, -0.1) is 11.8 Å². The smallest absolute Gasteiger partial charge is 0.282 e. The lowest BCUT2D eigenvalue weighted by molar-refractivity contribution is -0.385. The summed E-state index contributed by atoms with van der Waals surface area (Å²) in [5.41, 5.74) is 0.257. The van der Waals surface area contributed by atoms with Crippen molar-refractivity contribution in [3.05, 3.63) is 33.9 Å². The predicted octanol–water partition coefficient (Wildman–Crippen LogP) is 4.65. The van der Waals surface area contributed by atoms with Gasteiger partial charge in [-0.2, -0.15) is 0 Å². The third-order valence-electron chi connectivity index (χ3n) is 7.00. The first kappa shape index (κ1) is 17.8. The second kappa shape index (κ2) is 6.55. The molecule has 1 atom stereocenters. The summed E-state index contributed by atoms with van der Waals surface area (Å²) in [5.74, 6) is 2.13. The molecule has 0 saturated heterocycles. The van der Waals surface area contributed by atoms with E-state index < -0.39 is 4.92 Å². The Labute approximate surface area is 158 Å². The van der Waals surface area contributed by atoms with Crippen molar-refractivity contribution in [2.24, 2.45) is 23.2 Å². The van der Waals surface area contributed by atoms with Crippen LogP contribution in [0, 0.1) is 33.3 Å². The summed E-state index contributed by atoms with van der Waals surface area (Å²) in [5, 5.41) is 14.5. The summed E-state index contributed by atoms with van der Waals surface area (Å²) < 4.78 is 0. The molecule has 6 heteroatoms. The van der Waals surface area contributed by atoms with Gasteiger partial charge in [0.1, 0.15) is 5.56 Å². The predicted molar refractivity (Wildman–Crippen MR) is 102 cm³/mol. The molecule has 4 aliphatic carbocycles. The molecule has 0 heterocycles. The number of carbonyl (C=O) groups excluding carboxylic acids is 1. The lowest BCUT2D eigenvalue weighted by Gasteiger charge is -2.59. The standard InChI is InChI=1S/C20H26N2O3S/c1-12(20-9-13-5-14(10-20)7-15(6-13)11-20)21-19(23)17-8-16(26-2)3-4-18(17)22(24)25/h3-4,8,12-15H,5-7,9-11H2,1-2H3,(H,21,23). The lowest BCUT2D eigenvalue weighted by Crippen LogP contribution is -2.55. The average Bonchev–Trinajstić information content (AvgIpc) is 2.59. The van der Waals surface area contributed by atoms with Gasteiger partial charge in [-0.1, -0.05) is 0 Å². The van der Waals surface area contributed by atoms with Gasteiger partial charge >= 0.3 is 0 Å². The molecule has 4 bridgehead atoms. The first-order valence-corrected chi connectivity index (χ1v) is 10.8. The molecule has 1 amide bonds. The Hall–Kier alpha value is -1.56. The van der Waals surface area contributed by atoms with E-state index in [2.05, 4.69) is 12.2 Å². The van der Waals surface area contributed by atoms with Gasteiger partial charge in [0, 0.05) is 17.0 Å². The largest absolute Gasteiger partial charge is 0.349 e. The molecule has 4 saturated carbocycles. The van der Waals surface area contributed by atoms with Crippen LogP contribution in [0.3, 0.4) is 0 Å². The van der Waals surface area contributed by atoms with Gasteiger partial charge in [-0.25, -0.2) is 0 Å². The maximum atomic E-state index is 12.9. The zero-order valence-electron chi connectivity index (χ0n) is 15.4. The quantitative estimate of drug-likeness (QED) is 0.462. The van der Waals surface area contributed by atoms with Crippen LogP contribution in [0.4, 0.5) is 5.69 Å². The number of carbonyl (C=O) groups is 1. The van der Waals surface area contributed by atoms with E-state index in [0.29, 0.717) is 0 Å². The summed E-state index contributed by atoms with van der Waals surface area (Å²) in [6.45, 7) is 2.11. The molecule has 0 radical (unpaired) electrons. The van der Waals surface area contributed by atoms with E-state index in [1.165, 1.54) is 56.4 Å². The molecule has 4 fully saturated rings. The molecule has 4 aliphatic rings. The van der Waals surface area contributed by atoms with Crippen LogP contribution in [-0.4, -0.2) is 23.1 Å². The average molecular weight is 375 g/mol. The zero-order chi connectivity index (χ0) is 18.5. The van der Waals surface area contributed by atoms with Crippen molar-refractivity contribution in [2.45, 2.75) is 56.4 Å². The molecule has 5 nitrogen and oxygen atoms in total. The number of nitro groups is 1. The Morgan fingerprint density at radius 1 is 1.23 bits per heavy atom. The van der Waals surface area contributed by atoms with Crippen molar-refractivity contribution < 1.29 is 9.72 Å². The van der Waals surface area contributed by atoms with Gasteiger partial charge < -0.3 is 5.32 Å². The van der Waals surface area contributed by atoms with E-state index in [9.17, 15) is 14.9 Å². The summed E-state index contributed by atoms with van der Waals surface area (Å²) >= 11 is 1.48. The number of rotatable bonds is 5. The van der Waals surface area contributed by atoms with E-state index >= 15 is 0 Å². The number of nitrogens with zero attached hydrogens (tertiary/aromatic N) is 1. The zero-order valence-corrected chi connectivity index (χ0v) is 16.2. The Balaban J connectivity index is 1.56. The van der Waals surface area contributed by atoms with E-state index in [-0.39, 0.29) is 28.6 Å². The minimum absolute atomic E-state index is 0.0564. The van der Waals surface area contributed by atoms with Crippen molar-refractivity contribution in [1.82, 2.24) is 5.32 Å². The monoisotopic (exact) mass is 374 g/mol. The first-order chi connectivity index (χ1) is 12.4. The highest BCUT2D eigenvalue weighted by atomic mass is 32.2. The Morgan fingerprint density at radius 2 is 1.81 bits per heavy atom. The Bertz CT molecular complexity index is 713. The fourth-order valence-corrected chi connectivity index (χ4v) is 6.56. The summed E-state index contributed by atoms with van der Waals surface area (Å²) in [6.07, 6.45) is 9.60. The molecule has 0 spiro atoms. The number of nitrogens with one attached hydrogen (secondary N) is 1. The van der Waals surface area contributed by atoms with Crippen LogP contribution in [0.1, 0.15) is 55.8 Å². The van der Waals surface area contributed by atoms with Gasteiger partial charge in [0.15, 0.2) is 0 Å². The second-order valence-electron chi connectivity index (χ2n) is 8.62. The lowest BCUT2D eigenvalue weighted by atomic mass is 9.48. The van der Waals surface area contributed by atoms with Gasteiger partial charge in [0.2, 0.25) is 0 Å². The molecule has 1 aromatic rings. The number of amides is 1. The highest BCUT2D eigenvalue weighted by molar-refractivity contribution is 7.98. The summed E-state index contributed by atoms with van der Waals surface area (Å²) in [6, 6.07) is 4.84. The first-order valence-electron chi connectivity index (χ1n) is 9.53. The van der Waals surface area contributed by atoms with Crippen molar-refractivity contribution in [1.29, 1.82) is 0 Å². The molecule has 1 unspecified atom stereocenters. The molecule has 1 aromatic carbocycles. The maximum Gasteiger partial charge on any atom is 0.282 e. The minimum atomic E-state index is -0.464. The van der Waals surface area contributed by atoms with Crippen LogP contribution in [0.15, 0.2) is 23.1 Å². The Morgan fingerprint density at radius 3 is 2.31 bits per heavy atom. The molecule has 1 N–H and O–H groups in total. The fraction of sp³-hybridized carbons (Fsp3) is 0.650. The van der Waals surface area contributed by atoms with Gasteiger partial charge in [0.05, 0.1) is 4.92 Å². The van der Waals surface area contributed by atoms with Crippen molar-refractivity contribution in [3.63, 3.8) is 0 Å². The molecular weight excluding hydrogens is 348 g/mol. The number of hydrogen-bond acceptors (Lipinski definition) is 4. The number of benzene rings is 1. The molecule has 0 aromatic heterocycles. The van der Waals surface area contributed by atoms with Gasteiger partial charge in [0.25, 0.3) is 11.6 Å². The van der Waals surface area contributed by atoms with E-state index in [1.807, 2.05) is 6.26 Å². The highest BCUT2D eigenvalue weighted by Gasteiger charge is 2.53. The van der Waals surface area contributed by atoms with Crippen LogP contribution in [0.5, 0.6) is 0 Å². The highest BCUT2D eigenvalue weighted by Crippen LogP contribution is 2.61. The molecule has 140 valence electrons. The van der Waals surface area contributed by atoms with E-state index in [0.717, 1.165) is 22.6 Å². The summed E-state index contributed by atoms with van der Waals surface area (Å²) in [4.78, 5) is 24.7. The van der Waals surface area contributed by atoms with Crippen LogP contribution < -0.4 is 5.32 Å². The van der Waals surface area contributed by atoms with E-state index in [4.69, 9.17) is 0 Å². The van der Waals surface area contributed by atoms with Crippen LogP contribution in [-0.2, 0) is 0 Å². The normalized spacial score (nSPS) is 33.1. The topological polar surface area (TPSA) is 72.2 Å². The SMILES string of the molecule is CSc1ccc([N+](=O)[O-])c(C(=O)NC(C)C23CC4CC(CC(C4)C2)C3)c1. The molecular formula is C20H26N2O3S. The third kappa shape index (κ3) is 3.02. The fourth-order valence-electron chi connectivity index (χ4n) is 6.12. The van der Waals surface area contributed by atoms with Crippen LogP contribution in [0.2, 0.25) is 0 Å². The van der Waals surface area contributed by atoms with Gasteiger partial charge in [-0.3, -0.25) is 14.9 Å². The summed E-state index contributed by atoms with van der Waals surface area (Å²) in [7, 11) is 0. The minimum Gasteiger partial charge on any atom is -0.349 e. The number of nitro benzene ring substituents is 1. The molecule has 26 heavy (non-hydrogen) atoms. The Kier molecular flexibility index (Phi) is 4.49. The maximum absolute atomic E-state index is 12.9. The van der Waals surface area contributed by atoms with Crippen molar-refractivity contribution in [2.75, 3.05) is 6.26 Å². The number of thioether (sulfide) groups is 1. The van der Waals surface area contributed by atoms with Crippen molar-refractivity contribution >= 4 is 23.4 Å². The molecule has 0 aliphatic heterocycles. The van der Waals surface area contributed by atoms with E-state index in [1.54, 1.807) is 12.1 Å². The second-order valence-corrected chi connectivity index (χ2v) is 9.49. The molecule has 5 rings (SSSR count).